The highest BCUT2D eigenvalue weighted by Gasteiger charge is 2.03. The van der Waals surface area contributed by atoms with Gasteiger partial charge in [0.2, 0.25) is 5.91 Å². The van der Waals surface area contributed by atoms with E-state index in [9.17, 15) is 9.18 Å². The lowest BCUT2D eigenvalue weighted by Gasteiger charge is -1.98. The lowest BCUT2D eigenvalue weighted by atomic mass is 10.1. The van der Waals surface area contributed by atoms with Crippen LogP contribution in [-0.2, 0) is 0 Å². The summed E-state index contributed by atoms with van der Waals surface area (Å²) in [7, 11) is 0. The third kappa shape index (κ3) is 1.50. The molecule has 0 unspecified atom stereocenters. The van der Waals surface area contributed by atoms with Gasteiger partial charge in [-0.1, -0.05) is 12.7 Å². The van der Waals surface area contributed by atoms with Gasteiger partial charge in [-0.25, -0.2) is 4.39 Å². The largest absolute Gasteiger partial charge is 0.366 e. The van der Waals surface area contributed by atoms with Gasteiger partial charge in [0.25, 0.3) is 0 Å². The van der Waals surface area contributed by atoms with Crippen molar-refractivity contribution in [1.29, 1.82) is 0 Å². The van der Waals surface area contributed by atoms with Gasteiger partial charge < -0.3 is 5.73 Å². The van der Waals surface area contributed by atoms with Gasteiger partial charge >= 0.3 is 0 Å². The molecule has 1 aromatic carbocycles. The zero-order valence-corrected chi connectivity index (χ0v) is 6.38. The Morgan fingerprint density at radius 1 is 1.58 bits per heavy atom. The van der Waals surface area contributed by atoms with Crippen LogP contribution in [0.3, 0.4) is 0 Å². The van der Waals surface area contributed by atoms with E-state index in [4.69, 9.17) is 5.73 Å². The van der Waals surface area contributed by atoms with Crippen LogP contribution < -0.4 is 5.73 Å². The van der Waals surface area contributed by atoms with E-state index in [1.807, 2.05) is 0 Å². The van der Waals surface area contributed by atoms with Crippen LogP contribution >= 0.6 is 0 Å². The van der Waals surface area contributed by atoms with Gasteiger partial charge in [-0.05, 0) is 18.2 Å². The third-order valence-corrected chi connectivity index (χ3v) is 1.50. The smallest absolute Gasteiger partial charge is 0.248 e. The van der Waals surface area contributed by atoms with Crippen molar-refractivity contribution in [3.63, 3.8) is 0 Å². The van der Waals surface area contributed by atoms with Crippen LogP contribution in [0, 0.1) is 5.82 Å². The second-order valence-corrected chi connectivity index (χ2v) is 2.30. The minimum atomic E-state index is -0.571. The molecule has 0 heterocycles. The van der Waals surface area contributed by atoms with Gasteiger partial charge in [0.15, 0.2) is 0 Å². The van der Waals surface area contributed by atoms with Crippen LogP contribution in [-0.4, -0.2) is 5.91 Å². The minimum Gasteiger partial charge on any atom is -0.366 e. The maximum Gasteiger partial charge on any atom is 0.248 e. The van der Waals surface area contributed by atoms with E-state index in [1.165, 1.54) is 24.3 Å². The monoisotopic (exact) mass is 165 g/mol. The first-order valence-electron chi connectivity index (χ1n) is 3.37. The van der Waals surface area contributed by atoms with Crippen molar-refractivity contribution >= 4 is 12.0 Å². The first-order valence-corrected chi connectivity index (χ1v) is 3.37. The summed E-state index contributed by atoms with van der Waals surface area (Å²) in [6.07, 6.45) is 1.34. The van der Waals surface area contributed by atoms with Crippen LogP contribution in [0.5, 0.6) is 0 Å². The highest BCUT2D eigenvalue weighted by atomic mass is 19.1. The Labute approximate surface area is 69.5 Å². The van der Waals surface area contributed by atoms with Crippen molar-refractivity contribution in [2.24, 2.45) is 5.73 Å². The molecule has 0 spiro atoms. The second kappa shape index (κ2) is 3.17. The fraction of sp³-hybridized carbons (Fsp3) is 0. The molecule has 0 saturated heterocycles. The van der Waals surface area contributed by atoms with Crippen molar-refractivity contribution in [1.82, 2.24) is 0 Å². The summed E-state index contributed by atoms with van der Waals surface area (Å²) in [4.78, 5) is 10.6. The molecular weight excluding hydrogens is 157 g/mol. The quantitative estimate of drug-likeness (QED) is 0.710. The summed E-state index contributed by atoms with van der Waals surface area (Å²) < 4.78 is 12.8. The Balaban J connectivity index is 3.22. The van der Waals surface area contributed by atoms with Crippen LogP contribution in [0.25, 0.3) is 6.08 Å². The zero-order valence-electron chi connectivity index (χ0n) is 6.38. The average Bonchev–Trinajstić information content (AvgIpc) is 2.05. The standard InChI is InChI=1S/C9H8FNO/c1-2-6-5-7(9(11)12)3-4-8(6)10/h2-5H,1H2,(H2,11,12). The Morgan fingerprint density at radius 2 is 2.25 bits per heavy atom. The molecule has 3 heteroatoms. The summed E-state index contributed by atoms with van der Waals surface area (Å²) in [5, 5.41) is 0. The summed E-state index contributed by atoms with van der Waals surface area (Å²) in [5.74, 6) is -0.979. The van der Waals surface area contributed by atoms with E-state index >= 15 is 0 Å². The molecule has 0 saturated carbocycles. The van der Waals surface area contributed by atoms with Gasteiger partial charge in [0.05, 0.1) is 0 Å². The Kier molecular flexibility index (Phi) is 2.24. The van der Waals surface area contributed by atoms with Gasteiger partial charge in [-0.2, -0.15) is 0 Å². The molecule has 0 bridgehead atoms. The Morgan fingerprint density at radius 3 is 2.75 bits per heavy atom. The van der Waals surface area contributed by atoms with Crippen molar-refractivity contribution in [2.75, 3.05) is 0 Å². The van der Waals surface area contributed by atoms with E-state index in [0.717, 1.165) is 0 Å². The maximum atomic E-state index is 12.8. The molecule has 0 atom stereocenters. The first-order chi connectivity index (χ1) is 5.65. The van der Waals surface area contributed by atoms with Gasteiger partial charge in [-0.3, -0.25) is 4.79 Å². The van der Waals surface area contributed by atoms with Crippen LogP contribution in [0.4, 0.5) is 4.39 Å². The second-order valence-electron chi connectivity index (χ2n) is 2.30. The number of carbonyl (C=O) groups excluding carboxylic acids is 1. The predicted molar refractivity (Wildman–Crippen MR) is 45.0 cm³/mol. The lowest BCUT2D eigenvalue weighted by Crippen LogP contribution is -2.11. The Bertz CT molecular complexity index is 333. The number of halogens is 1. The molecule has 1 aromatic rings. The van der Waals surface area contributed by atoms with Crippen LogP contribution in [0.15, 0.2) is 24.8 Å². The fourth-order valence-electron chi connectivity index (χ4n) is 0.853. The Hall–Kier alpha value is -1.64. The summed E-state index contributed by atoms with van der Waals surface area (Å²) in [6.45, 7) is 3.40. The molecule has 0 radical (unpaired) electrons. The molecule has 12 heavy (non-hydrogen) atoms. The van der Waals surface area contributed by atoms with Crippen LogP contribution in [0.1, 0.15) is 15.9 Å². The normalized spacial score (nSPS) is 9.42. The van der Waals surface area contributed by atoms with Gasteiger partial charge in [0, 0.05) is 11.1 Å². The number of nitrogens with two attached hydrogens (primary N) is 1. The lowest BCUT2D eigenvalue weighted by molar-refractivity contribution is 0.1000. The van der Waals surface area contributed by atoms with Crippen molar-refractivity contribution in [3.8, 4) is 0 Å². The fourth-order valence-corrected chi connectivity index (χ4v) is 0.853. The molecule has 2 nitrogen and oxygen atoms in total. The molecular formula is C9H8FNO. The number of amides is 1. The number of rotatable bonds is 2. The number of primary amides is 1. The molecule has 1 rings (SSSR count). The van der Waals surface area contributed by atoms with Crippen molar-refractivity contribution in [2.45, 2.75) is 0 Å². The van der Waals surface area contributed by atoms with E-state index in [-0.39, 0.29) is 11.1 Å². The molecule has 0 aromatic heterocycles. The highest BCUT2D eigenvalue weighted by molar-refractivity contribution is 5.93. The molecule has 1 amide bonds. The molecule has 0 fully saturated rings. The number of carbonyl (C=O) groups is 1. The van der Waals surface area contributed by atoms with E-state index < -0.39 is 11.7 Å². The average molecular weight is 165 g/mol. The molecule has 2 N–H and O–H groups in total. The van der Waals surface area contributed by atoms with Gasteiger partial charge in [-0.15, -0.1) is 0 Å². The molecule has 0 aliphatic heterocycles. The number of benzene rings is 1. The molecule has 62 valence electrons. The van der Waals surface area contributed by atoms with Crippen molar-refractivity contribution in [3.05, 3.63) is 41.7 Å². The summed E-state index contributed by atoms with van der Waals surface area (Å²) in [5.41, 5.74) is 5.56. The van der Waals surface area contributed by atoms with E-state index in [1.54, 1.807) is 0 Å². The predicted octanol–water partition coefficient (Wildman–Crippen LogP) is 1.57. The minimum absolute atomic E-state index is 0.284. The maximum absolute atomic E-state index is 12.8. The SMILES string of the molecule is C=Cc1cc(C(N)=O)ccc1F. The zero-order chi connectivity index (χ0) is 9.14. The first kappa shape index (κ1) is 8.46. The summed E-state index contributed by atoms with van der Waals surface area (Å²) in [6, 6.07) is 3.90. The van der Waals surface area contributed by atoms with E-state index in [2.05, 4.69) is 6.58 Å². The van der Waals surface area contributed by atoms with Crippen molar-refractivity contribution < 1.29 is 9.18 Å². The molecule has 0 aliphatic carbocycles. The topological polar surface area (TPSA) is 43.1 Å². The molecule has 0 aliphatic rings. The van der Waals surface area contributed by atoms with E-state index in [0.29, 0.717) is 0 Å². The number of hydrogen-bond acceptors (Lipinski definition) is 1. The summed E-state index contributed by atoms with van der Waals surface area (Å²) >= 11 is 0. The highest BCUT2D eigenvalue weighted by Crippen LogP contribution is 2.10. The van der Waals surface area contributed by atoms with Crippen LogP contribution in [0.2, 0.25) is 0 Å². The van der Waals surface area contributed by atoms with Gasteiger partial charge in [0.1, 0.15) is 5.82 Å². The number of hydrogen-bond donors (Lipinski definition) is 1. The third-order valence-electron chi connectivity index (χ3n) is 1.50.